The van der Waals surface area contributed by atoms with Crippen LogP contribution in [0.25, 0.3) is 5.57 Å². The van der Waals surface area contributed by atoms with Crippen molar-refractivity contribution in [2.45, 2.75) is 37.2 Å². The number of hydrogen-bond donors (Lipinski definition) is 1. The van der Waals surface area contributed by atoms with Crippen LogP contribution in [0.4, 0.5) is 17.6 Å². The van der Waals surface area contributed by atoms with Gasteiger partial charge < -0.3 is 5.11 Å². The number of aryl methyl sites for hydroxylation is 1. The molecule has 0 heterocycles. The Labute approximate surface area is 107 Å². The molecule has 1 aromatic carbocycles. The normalized spacial score (nSPS) is 29.7. The van der Waals surface area contributed by atoms with Crippen LogP contribution in [-0.2, 0) is 17.9 Å². The summed E-state index contributed by atoms with van der Waals surface area (Å²) in [6.45, 7) is 5.45. The molecule has 1 N–H and O–H groups in total. The molecule has 1 aromatic rings. The highest BCUT2D eigenvalue weighted by atomic mass is 19.3. The van der Waals surface area contributed by atoms with Crippen LogP contribution >= 0.6 is 0 Å². The van der Waals surface area contributed by atoms with E-state index in [4.69, 9.17) is 0 Å². The van der Waals surface area contributed by atoms with E-state index in [1.54, 1.807) is 6.92 Å². The fourth-order valence-corrected chi connectivity index (χ4v) is 3.22. The Morgan fingerprint density at radius 2 is 1.89 bits per heavy atom. The SMILES string of the molecule is C=C1CC2(O)c3c(ccc(CC)c31)C(F)(F)C2(F)F. The topological polar surface area (TPSA) is 20.2 Å². The molecule has 19 heavy (non-hydrogen) atoms. The van der Waals surface area contributed by atoms with Crippen molar-refractivity contribution in [2.24, 2.45) is 0 Å². The number of halogens is 4. The van der Waals surface area contributed by atoms with Crippen molar-refractivity contribution in [2.75, 3.05) is 0 Å². The number of aliphatic hydroxyl groups is 1. The van der Waals surface area contributed by atoms with Crippen molar-refractivity contribution in [3.63, 3.8) is 0 Å². The summed E-state index contributed by atoms with van der Waals surface area (Å²) < 4.78 is 55.6. The number of benzene rings is 1. The standard InChI is InChI=1S/C14H12F4O/c1-3-8-4-5-9-11-10(8)7(2)6-12(11,19)14(17,18)13(9,15)16/h4-5,19H,2-3,6H2,1H3. The van der Waals surface area contributed by atoms with Gasteiger partial charge in [-0.25, -0.2) is 0 Å². The van der Waals surface area contributed by atoms with Crippen LogP contribution < -0.4 is 0 Å². The molecule has 0 aromatic heterocycles. The summed E-state index contributed by atoms with van der Waals surface area (Å²) in [6.07, 6.45) is -0.0379. The van der Waals surface area contributed by atoms with Crippen molar-refractivity contribution in [3.8, 4) is 0 Å². The van der Waals surface area contributed by atoms with E-state index in [1.165, 1.54) is 6.07 Å². The Balaban J connectivity index is 2.44. The van der Waals surface area contributed by atoms with Crippen LogP contribution in [0.1, 0.15) is 35.6 Å². The molecule has 0 saturated heterocycles. The van der Waals surface area contributed by atoms with Crippen LogP contribution in [0.5, 0.6) is 0 Å². The number of rotatable bonds is 1. The zero-order valence-corrected chi connectivity index (χ0v) is 10.2. The van der Waals surface area contributed by atoms with E-state index in [2.05, 4.69) is 6.58 Å². The van der Waals surface area contributed by atoms with E-state index in [0.717, 1.165) is 6.07 Å². The Kier molecular flexibility index (Phi) is 2.14. The molecule has 1 nitrogen and oxygen atoms in total. The summed E-state index contributed by atoms with van der Waals surface area (Å²) in [7, 11) is 0. The first-order chi connectivity index (χ1) is 8.68. The maximum atomic E-state index is 14.0. The van der Waals surface area contributed by atoms with Gasteiger partial charge in [0.15, 0.2) is 5.60 Å². The van der Waals surface area contributed by atoms with Crippen LogP contribution in [0, 0.1) is 0 Å². The summed E-state index contributed by atoms with van der Waals surface area (Å²) in [5.74, 6) is -8.86. The van der Waals surface area contributed by atoms with Gasteiger partial charge in [0.2, 0.25) is 0 Å². The molecule has 102 valence electrons. The van der Waals surface area contributed by atoms with Crippen molar-refractivity contribution in [1.29, 1.82) is 0 Å². The first kappa shape index (κ1) is 12.7. The monoisotopic (exact) mass is 272 g/mol. The molecule has 0 amide bonds. The van der Waals surface area contributed by atoms with Crippen LogP contribution in [0.2, 0.25) is 0 Å². The number of alkyl halides is 4. The van der Waals surface area contributed by atoms with Gasteiger partial charge in [-0.05, 0) is 23.1 Å². The first-order valence-electron chi connectivity index (χ1n) is 6.01. The second kappa shape index (κ2) is 3.20. The zero-order chi connectivity index (χ0) is 14.2. The fraction of sp³-hybridized carbons (Fsp3) is 0.429. The van der Waals surface area contributed by atoms with Gasteiger partial charge >= 0.3 is 11.8 Å². The molecule has 5 heteroatoms. The summed E-state index contributed by atoms with van der Waals surface area (Å²) in [4.78, 5) is 0. The Hall–Kier alpha value is -1.36. The van der Waals surface area contributed by atoms with E-state index < -0.39 is 29.4 Å². The molecule has 0 fully saturated rings. The molecule has 0 spiro atoms. The average Bonchev–Trinajstić information content (AvgIpc) is 2.67. The summed E-state index contributed by atoms with van der Waals surface area (Å²) >= 11 is 0. The van der Waals surface area contributed by atoms with Gasteiger partial charge in [0, 0.05) is 17.5 Å². The molecule has 0 radical (unpaired) electrons. The van der Waals surface area contributed by atoms with Gasteiger partial charge in [0.1, 0.15) is 0 Å². The molecule has 0 aliphatic heterocycles. The largest absolute Gasteiger partial charge is 0.378 e. The molecule has 1 atom stereocenters. The zero-order valence-electron chi connectivity index (χ0n) is 10.2. The predicted octanol–water partition coefficient (Wildman–Crippen LogP) is 3.59. The van der Waals surface area contributed by atoms with Gasteiger partial charge in [-0.1, -0.05) is 25.6 Å². The minimum absolute atomic E-state index is 0.291. The molecule has 0 bridgehead atoms. The molecule has 2 aliphatic rings. The Morgan fingerprint density at radius 3 is 2.47 bits per heavy atom. The minimum atomic E-state index is -4.51. The Bertz CT molecular complexity index is 606. The maximum absolute atomic E-state index is 14.0. The van der Waals surface area contributed by atoms with Crippen molar-refractivity contribution >= 4 is 5.57 Å². The lowest BCUT2D eigenvalue weighted by Gasteiger charge is -2.30. The molecule has 0 saturated carbocycles. The van der Waals surface area contributed by atoms with Gasteiger partial charge in [-0.3, -0.25) is 0 Å². The lowest BCUT2D eigenvalue weighted by Crippen LogP contribution is -2.47. The van der Waals surface area contributed by atoms with Crippen molar-refractivity contribution < 1.29 is 22.7 Å². The van der Waals surface area contributed by atoms with Crippen molar-refractivity contribution in [1.82, 2.24) is 0 Å². The van der Waals surface area contributed by atoms with Crippen LogP contribution in [0.3, 0.4) is 0 Å². The highest BCUT2D eigenvalue weighted by molar-refractivity contribution is 5.80. The van der Waals surface area contributed by atoms with E-state index >= 15 is 0 Å². The lowest BCUT2D eigenvalue weighted by molar-refractivity contribution is -0.283. The summed E-state index contributed by atoms with van der Waals surface area (Å²) in [5.41, 5.74) is -2.68. The third-order valence-electron chi connectivity index (χ3n) is 4.16. The number of hydrogen-bond acceptors (Lipinski definition) is 1. The smallest absolute Gasteiger partial charge is 0.346 e. The van der Waals surface area contributed by atoms with Crippen LogP contribution in [0.15, 0.2) is 18.7 Å². The van der Waals surface area contributed by atoms with Gasteiger partial charge in [-0.2, -0.15) is 17.6 Å². The second-order valence-electron chi connectivity index (χ2n) is 5.17. The van der Waals surface area contributed by atoms with Gasteiger partial charge in [0.25, 0.3) is 0 Å². The molecule has 2 aliphatic carbocycles. The fourth-order valence-electron chi connectivity index (χ4n) is 3.22. The highest BCUT2D eigenvalue weighted by Gasteiger charge is 2.78. The first-order valence-corrected chi connectivity index (χ1v) is 6.01. The van der Waals surface area contributed by atoms with Crippen molar-refractivity contribution in [3.05, 3.63) is 41.0 Å². The van der Waals surface area contributed by atoms with E-state index in [-0.39, 0.29) is 5.56 Å². The highest BCUT2D eigenvalue weighted by Crippen LogP contribution is 2.67. The van der Waals surface area contributed by atoms with Gasteiger partial charge in [-0.15, -0.1) is 0 Å². The minimum Gasteiger partial charge on any atom is -0.378 e. The second-order valence-corrected chi connectivity index (χ2v) is 5.17. The average molecular weight is 272 g/mol. The van der Waals surface area contributed by atoms with E-state index in [1.807, 2.05) is 0 Å². The molecular weight excluding hydrogens is 260 g/mol. The molecule has 3 rings (SSSR count). The lowest BCUT2D eigenvalue weighted by atomic mass is 9.94. The van der Waals surface area contributed by atoms with Crippen LogP contribution in [-0.4, -0.2) is 11.0 Å². The Morgan fingerprint density at radius 1 is 1.26 bits per heavy atom. The summed E-state index contributed by atoms with van der Waals surface area (Å²) in [6, 6.07) is 2.42. The van der Waals surface area contributed by atoms with E-state index in [0.29, 0.717) is 23.1 Å². The van der Waals surface area contributed by atoms with E-state index in [9.17, 15) is 22.7 Å². The molecule has 1 unspecified atom stereocenters. The van der Waals surface area contributed by atoms with Gasteiger partial charge in [0.05, 0.1) is 0 Å². The summed E-state index contributed by atoms with van der Waals surface area (Å²) in [5, 5.41) is 10.2. The third-order valence-corrected chi connectivity index (χ3v) is 4.16. The molecular formula is C14H12F4O. The quantitative estimate of drug-likeness (QED) is 0.774. The maximum Gasteiger partial charge on any atom is 0.346 e. The predicted molar refractivity (Wildman–Crippen MR) is 62.2 cm³/mol. The third kappa shape index (κ3) is 1.11.